The molecule has 0 amide bonds. The molecule has 0 fully saturated rings. The molecule has 0 spiro atoms. The number of hydrogen-bond donors (Lipinski definition) is 0. The number of carbonyl (C=O) groups is 1. The van der Waals surface area contributed by atoms with E-state index in [1.54, 1.807) is 0 Å². The Morgan fingerprint density at radius 1 is 0.725 bits per heavy atom. The zero-order valence-electron chi connectivity index (χ0n) is 23.9. The summed E-state index contributed by atoms with van der Waals surface area (Å²) in [6.45, 7) is 4.37. The van der Waals surface area contributed by atoms with Crippen LogP contribution in [-0.4, -0.2) is 18.2 Å². The molecule has 3 nitrogen and oxygen atoms in total. The largest absolute Gasteiger partial charge is 0.423 e. The molecule has 4 rings (SSSR count). The van der Waals surface area contributed by atoms with Crippen LogP contribution in [0.25, 0.3) is 11.1 Å². The molecule has 1 atom stereocenters. The van der Waals surface area contributed by atoms with Gasteiger partial charge in [0.25, 0.3) is 0 Å². The Morgan fingerprint density at radius 3 is 2.02 bits per heavy atom. The molecule has 206 valence electrons. The third-order valence-corrected chi connectivity index (χ3v) is 7.17. The number of hydrogen-bond acceptors (Lipinski definition) is 3. The standard InChI is InChI=1S/C37H41NO2/c1-3-4-5-6-7-9-12-30-15-19-33(20-16-30)34-21-23-35(24-22-34)37(39)40-36-25-17-32(18-26-36)28-38-29(2)27-31-13-10-8-11-14-31/h8,10-11,13-26,28-29H,3-7,9,12,27H2,1-2H3. The number of aliphatic imine (C=N–C) groups is 1. The Bertz CT molecular complexity index is 1320. The lowest BCUT2D eigenvalue weighted by atomic mass is 10.00. The van der Waals surface area contributed by atoms with Crippen molar-refractivity contribution < 1.29 is 9.53 Å². The van der Waals surface area contributed by atoms with Crippen molar-refractivity contribution in [3.8, 4) is 16.9 Å². The van der Waals surface area contributed by atoms with Gasteiger partial charge in [-0.1, -0.05) is 106 Å². The number of nitrogens with zero attached hydrogens (tertiary/aromatic N) is 1. The van der Waals surface area contributed by atoms with Crippen molar-refractivity contribution in [3.63, 3.8) is 0 Å². The van der Waals surface area contributed by atoms with Crippen LogP contribution in [0.5, 0.6) is 5.75 Å². The first-order valence-electron chi connectivity index (χ1n) is 14.7. The summed E-state index contributed by atoms with van der Waals surface area (Å²) in [4.78, 5) is 17.4. The average molecular weight is 532 g/mol. The predicted molar refractivity (Wildman–Crippen MR) is 168 cm³/mol. The number of rotatable bonds is 14. The van der Waals surface area contributed by atoms with E-state index in [4.69, 9.17) is 4.74 Å². The van der Waals surface area contributed by atoms with E-state index < -0.39 is 0 Å². The van der Waals surface area contributed by atoms with Crippen molar-refractivity contribution in [1.29, 1.82) is 0 Å². The molecule has 0 heterocycles. The molecule has 0 saturated carbocycles. The van der Waals surface area contributed by atoms with Gasteiger partial charge in [0.2, 0.25) is 0 Å². The van der Waals surface area contributed by atoms with Gasteiger partial charge in [-0.25, -0.2) is 4.79 Å². The van der Waals surface area contributed by atoms with Crippen molar-refractivity contribution in [1.82, 2.24) is 0 Å². The normalized spacial score (nSPS) is 11.9. The fraction of sp³-hybridized carbons (Fsp3) is 0.297. The summed E-state index contributed by atoms with van der Waals surface area (Å²) in [5, 5.41) is 0. The molecule has 0 aliphatic heterocycles. The number of benzene rings is 4. The molecule has 0 aliphatic carbocycles. The van der Waals surface area contributed by atoms with Crippen LogP contribution in [0.2, 0.25) is 0 Å². The highest BCUT2D eigenvalue weighted by atomic mass is 16.5. The lowest BCUT2D eigenvalue weighted by Gasteiger charge is -2.08. The van der Waals surface area contributed by atoms with Gasteiger partial charge in [0.05, 0.1) is 11.6 Å². The fourth-order valence-corrected chi connectivity index (χ4v) is 4.78. The molecule has 4 aromatic carbocycles. The summed E-state index contributed by atoms with van der Waals surface area (Å²) in [7, 11) is 0. The molecular formula is C37H41NO2. The maximum atomic E-state index is 12.7. The maximum Gasteiger partial charge on any atom is 0.343 e. The molecule has 0 aliphatic rings. The zero-order valence-corrected chi connectivity index (χ0v) is 23.9. The van der Waals surface area contributed by atoms with Gasteiger partial charge in [0, 0.05) is 6.21 Å². The van der Waals surface area contributed by atoms with E-state index in [1.165, 1.54) is 49.7 Å². The van der Waals surface area contributed by atoms with Gasteiger partial charge >= 0.3 is 5.97 Å². The number of ether oxygens (including phenoxy) is 1. The van der Waals surface area contributed by atoms with Gasteiger partial charge in [0.15, 0.2) is 0 Å². The molecule has 0 aromatic heterocycles. The molecular weight excluding hydrogens is 490 g/mol. The van der Waals surface area contributed by atoms with Crippen LogP contribution in [-0.2, 0) is 12.8 Å². The van der Waals surface area contributed by atoms with E-state index in [-0.39, 0.29) is 12.0 Å². The minimum Gasteiger partial charge on any atom is -0.423 e. The summed E-state index contributed by atoms with van der Waals surface area (Å²) in [5.41, 5.74) is 6.42. The Hall–Kier alpha value is -3.98. The maximum absolute atomic E-state index is 12.7. The van der Waals surface area contributed by atoms with Crippen molar-refractivity contribution in [3.05, 3.63) is 125 Å². The summed E-state index contributed by atoms with van der Waals surface area (Å²) in [5.74, 6) is 0.156. The number of aryl methyl sites for hydroxylation is 1. The minimum absolute atomic E-state index is 0.186. The van der Waals surface area contributed by atoms with Crippen molar-refractivity contribution >= 4 is 12.2 Å². The summed E-state index contributed by atoms with van der Waals surface area (Å²) in [6, 6.07) is 34.4. The van der Waals surface area contributed by atoms with Crippen LogP contribution < -0.4 is 4.74 Å². The highest BCUT2D eigenvalue weighted by Gasteiger charge is 2.09. The SMILES string of the molecule is CCCCCCCCc1ccc(-c2ccc(C(=O)Oc3ccc(C=NC(C)Cc4ccccc4)cc3)cc2)cc1. The Balaban J connectivity index is 1.25. The number of carbonyl (C=O) groups excluding carboxylic acids is 1. The zero-order chi connectivity index (χ0) is 28.0. The highest BCUT2D eigenvalue weighted by molar-refractivity contribution is 5.91. The fourth-order valence-electron chi connectivity index (χ4n) is 4.78. The second kappa shape index (κ2) is 15.6. The van der Waals surface area contributed by atoms with E-state index in [0.29, 0.717) is 11.3 Å². The molecule has 0 radical (unpaired) electrons. The molecule has 0 bridgehead atoms. The lowest BCUT2D eigenvalue weighted by Crippen LogP contribution is -2.08. The first-order chi connectivity index (χ1) is 19.6. The first kappa shape index (κ1) is 29.0. The predicted octanol–water partition coefficient (Wildman–Crippen LogP) is 9.53. The second-order valence-corrected chi connectivity index (χ2v) is 10.6. The van der Waals surface area contributed by atoms with E-state index in [1.807, 2.05) is 60.8 Å². The molecule has 0 N–H and O–H groups in total. The minimum atomic E-state index is -0.362. The third kappa shape index (κ3) is 9.34. The molecule has 40 heavy (non-hydrogen) atoms. The van der Waals surface area contributed by atoms with Crippen LogP contribution >= 0.6 is 0 Å². The van der Waals surface area contributed by atoms with Crippen LogP contribution in [0.15, 0.2) is 108 Å². The van der Waals surface area contributed by atoms with Crippen molar-refractivity contribution in [2.45, 2.75) is 71.3 Å². The third-order valence-electron chi connectivity index (χ3n) is 7.17. The Labute approximate surface area is 240 Å². The lowest BCUT2D eigenvalue weighted by molar-refractivity contribution is 0.0735. The molecule has 4 aromatic rings. The van der Waals surface area contributed by atoms with Gasteiger partial charge in [-0.2, -0.15) is 0 Å². The topological polar surface area (TPSA) is 38.7 Å². The van der Waals surface area contributed by atoms with E-state index in [0.717, 1.165) is 29.5 Å². The average Bonchev–Trinajstić information content (AvgIpc) is 2.99. The van der Waals surface area contributed by atoms with Gasteiger partial charge in [-0.3, -0.25) is 4.99 Å². The van der Waals surface area contributed by atoms with Gasteiger partial charge in [0.1, 0.15) is 5.75 Å². The van der Waals surface area contributed by atoms with Crippen molar-refractivity contribution in [2.24, 2.45) is 4.99 Å². The van der Waals surface area contributed by atoms with Gasteiger partial charge < -0.3 is 4.74 Å². The van der Waals surface area contributed by atoms with E-state index in [9.17, 15) is 4.79 Å². The Morgan fingerprint density at radius 2 is 1.35 bits per heavy atom. The van der Waals surface area contributed by atoms with Crippen LogP contribution in [0, 0.1) is 0 Å². The van der Waals surface area contributed by atoms with Gasteiger partial charge in [-0.05, 0) is 90.4 Å². The first-order valence-corrected chi connectivity index (χ1v) is 14.7. The van der Waals surface area contributed by atoms with Crippen LogP contribution in [0.1, 0.15) is 79.4 Å². The molecule has 1 unspecified atom stereocenters. The van der Waals surface area contributed by atoms with Gasteiger partial charge in [-0.15, -0.1) is 0 Å². The highest BCUT2D eigenvalue weighted by Crippen LogP contribution is 2.22. The van der Waals surface area contributed by atoms with E-state index in [2.05, 4.69) is 67.4 Å². The Kier molecular flexibility index (Phi) is 11.3. The summed E-state index contributed by atoms with van der Waals surface area (Å²) < 4.78 is 5.61. The monoisotopic (exact) mass is 531 g/mol. The number of esters is 1. The molecule has 3 heteroatoms. The number of unbranched alkanes of at least 4 members (excludes halogenated alkanes) is 5. The van der Waals surface area contributed by atoms with Crippen molar-refractivity contribution in [2.75, 3.05) is 0 Å². The smallest absolute Gasteiger partial charge is 0.343 e. The quantitative estimate of drug-likeness (QED) is 0.0703. The van der Waals surface area contributed by atoms with Crippen LogP contribution in [0.3, 0.4) is 0 Å². The second-order valence-electron chi connectivity index (χ2n) is 10.6. The summed E-state index contributed by atoms with van der Waals surface area (Å²) in [6.07, 6.45) is 11.8. The summed E-state index contributed by atoms with van der Waals surface area (Å²) >= 11 is 0. The van der Waals surface area contributed by atoms with Crippen LogP contribution in [0.4, 0.5) is 0 Å². The molecule has 0 saturated heterocycles. The van der Waals surface area contributed by atoms with E-state index >= 15 is 0 Å².